The fourth-order valence-corrected chi connectivity index (χ4v) is 5.48. The maximum atomic E-state index is 13.5. The lowest BCUT2D eigenvalue weighted by atomic mass is 9.94. The van der Waals surface area contributed by atoms with Crippen molar-refractivity contribution in [1.29, 1.82) is 0 Å². The summed E-state index contributed by atoms with van der Waals surface area (Å²) in [7, 11) is -3.98. The lowest BCUT2D eigenvalue weighted by Crippen LogP contribution is -2.39. The van der Waals surface area contributed by atoms with E-state index in [-0.39, 0.29) is 29.6 Å². The molecule has 0 amide bonds. The first-order valence-electron chi connectivity index (χ1n) is 9.94. The van der Waals surface area contributed by atoms with Crippen molar-refractivity contribution in [2.24, 2.45) is 5.92 Å². The summed E-state index contributed by atoms with van der Waals surface area (Å²) in [6, 6.07) is 9.81. The van der Waals surface area contributed by atoms with Gasteiger partial charge in [-0.3, -0.25) is 0 Å². The van der Waals surface area contributed by atoms with Gasteiger partial charge in [0.25, 0.3) is 0 Å². The highest BCUT2D eigenvalue weighted by Crippen LogP contribution is 2.27. The van der Waals surface area contributed by atoms with Crippen LogP contribution in [0.5, 0.6) is 0 Å². The zero-order chi connectivity index (χ0) is 22.2. The Kier molecular flexibility index (Phi) is 5.76. The van der Waals surface area contributed by atoms with E-state index in [2.05, 4.69) is 10.2 Å². The number of rotatable bonds is 5. The van der Waals surface area contributed by atoms with Crippen molar-refractivity contribution in [3.8, 4) is 5.69 Å². The number of hydrogen-bond acceptors (Lipinski definition) is 4. The molecule has 164 valence electrons. The monoisotopic (exact) mass is 448 g/mol. The third-order valence-corrected chi connectivity index (χ3v) is 7.49. The maximum absolute atomic E-state index is 13.5. The second kappa shape index (κ2) is 8.35. The van der Waals surface area contributed by atoms with E-state index in [9.17, 15) is 22.0 Å². The summed E-state index contributed by atoms with van der Waals surface area (Å²) >= 11 is 0. The molecule has 0 spiro atoms. The zero-order valence-corrected chi connectivity index (χ0v) is 17.7. The van der Waals surface area contributed by atoms with Crippen molar-refractivity contribution in [1.82, 2.24) is 19.1 Å². The minimum atomic E-state index is -3.98. The van der Waals surface area contributed by atoms with Crippen LogP contribution < -0.4 is 5.69 Å². The molecule has 1 fully saturated rings. The smallest absolute Gasteiger partial charge is 0.247 e. The van der Waals surface area contributed by atoms with Gasteiger partial charge in [-0.15, -0.1) is 0 Å². The fourth-order valence-electron chi connectivity index (χ4n) is 3.97. The Labute approximate surface area is 178 Å². The predicted molar refractivity (Wildman–Crippen MR) is 110 cm³/mol. The largest absolute Gasteiger partial charge is 0.347 e. The van der Waals surface area contributed by atoms with Crippen molar-refractivity contribution in [2.45, 2.75) is 31.1 Å². The Bertz CT molecular complexity index is 1240. The number of aromatic amines is 1. The maximum Gasteiger partial charge on any atom is 0.347 e. The molecule has 0 aliphatic carbocycles. The van der Waals surface area contributed by atoms with Gasteiger partial charge in [-0.1, -0.05) is 18.2 Å². The summed E-state index contributed by atoms with van der Waals surface area (Å²) < 4.78 is 55.3. The molecular formula is C21H22F2N4O3S. The molecule has 0 radical (unpaired) electrons. The summed E-state index contributed by atoms with van der Waals surface area (Å²) in [4.78, 5) is 11.9. The number of H-pyrrole nitrogens is 1. The highest BCUT2D eigenvalue weighted by atomic mass is 32.2. The Morgan fingerprint density at radius 2 is 1.74 bits per heavy atom. The lowest BCUT2D eigenvalue weighted by molar-refractivity contribution is 0.269. The quantitative estimate of drug-likeness (QED) is 0.650. The first kappa shape index (κ1) is 21.4. The van der Waals surface area contributed by atoms with E-state index in [0.717, 1.165) is 23.4 Å². The van der Waals surface area contributed by atoms with E-state index >= 15 is 0 Å². The average Bonchev–Trinajstić information content (AvgIpc) is 3.08. The van der Waals surface area contributed by atoms with E-state index < -0.39 is 21.7 Å². The molecule has 0 atom stereocenters. The fraction of sp³-hybridized carbons (Fsp3) is 0.333. The van der Waals surface area contributed by atoms with Gasteiger partial charge >= 0.3 is 5.69 Å². The van der Waals surface area contributed by atoms with Gasteiger partial charge in [0.1, 0.15) is 17.5 Å². The van der Waals surface area contributed by atoms with E-state index in [1.165, 1.54) is 4.31 Å². The Morgan fingerprint density at radius 3 is 2.39 bits per heavy atom. The summed E-state index contributed by atoms with van der Waals surface area (Å²) in [5.74, 6) is -1.15. The lowest BCUT2D eigenvalue weighted by Gasteiger charge is -2.31. The van der Waals surface area contributed by atoms with Crippen molar-refractivity contribution in [3.05, 3.63) is 76.0 Å². The van der Waals surface area contributed by atoms with Gasteiger partial charge in [0.15, 0.2) is 0 Å². The van der Waals surface area contributed by atoms with Gasteiger partial charge < -0.3 is 0 Å². The molecule has 1 saturated heterocycles. The number of nitrogens with one attached hydrogen (secondary N) is 1. The van der Waals surface area contributed by atoms with Crippen LogP contribution in [0.15, 0.2) is 52.2 Å². The molecule has 1 aliphatic heterocycles. The minimum Gasteiger partial charge on any atom is -0.247 e. The molecule has 1 N–H and O–H groups in total. The highest BCUT2D eigenvalue weighted by Gasteiger charge is 2.31. The molecule has 2 aromatic carbocycles. The predicted octanol–water partition coefficient (Wildman–Crippen LogP) is 2.79. The van der Waals surface area contributed by atoms with Crippen LogP contribution in [0.25, 0.3) is 5.69 Å². The van der Waals surface area contributed by atoms with Crippen LogP contribution >= 0.6 is 0 Å². The van der Waals surface area contributed by atoms with E-state index in [1.807, 2.05) is 31.2 Å². The molecule has 31 heavy (non-hydrogen) atoms. The first-order valence-corrected chi connectivity index (χ1v) is 11.4. The summed E-state index contributed by atoms with van der Waals surface area (Å²) in [6.07, 6.45) is 1.60. The molecule has 2 heterocycles. The molecule has 4 rings (SSSR count). The Balaban J connectivity index is 1.48. The molecule has 1 aromatic heterocycles. The number of hydrogen-bond donors (Lipinski definition) is 1. The summed E-state index contributed by atoms with van der Waals surface area (Å²) in [6.45, 7) is 2.37. The van der Waals surface area contributed by atoms with Gasteiger partial charge in [-0.25, -0.2) is 31.7 Å². The van der Waals surface area contributed by atoms with Crippen molar-refractivity contribution in [2.75, 3.05) is 13.1 Å². The number of para-hydroxylation sites is 1. The highest BCUT2D eigenvalue weighted by molar-refractivity contribution is 7.89. The SMILES string of the molecule is Cc1ccccc1-n1c(CC2CCN(S(=O)(=O)c3cc(F)cc(F)c3)CC2)n[nH]c1=O. The van der Waals surface area contributed by atoms with Gasteiger partial charge in [0.2, 0.25) is 10.0 Å². The van der Waals surface area contributed by atoms with Crippen LogP contribution in [0.1, 0.15) is 24.2 Å². The molecule has 0 saturated carbocycles. The Morgan fingerprint density at radius 1 is 1.10 bits per heavy atom. The molecule has 0 unspecified atom stereocenters. The third kappa shape index (κ3) is 4.31. The normalized spacial score (nSPS) is 16.0. The van der Waals surface area contributed by atoms with Crippen LogP contribution in [0.2, 0.25) is 0 Å². The van der Waals surface area contributed by atoms with Crippen molar-refractivity contribution < 1.29 is 17.2 Å². The minimum absolute atomic E-state index is 0.119. The van der Waals surface area contributed by atoms with Crippen LogP contribution in [0, 0.1) is 24.5 Å². The number of aromatic nitrogens is 3. The zero-order valence-electron chi connectivity index (χ0n) is 16.9. The van der Waals surface area contributed by atoms with Crippen LogP contribution in [0.4, 0.5) is 8.78 Å². The van der Waals surface area contributed by atoms with Gasteiger partial charge in [0, 0.05) is 25.6 Å². The number of sulfonamides is 1. The van der Waals surface area contributed by atoms with E-state index in [0.29, 0.717) is 31.2 Å². The van der Waals surface area contributed by atoms with E-state index in [4.69, 9.17) is 0 Å². The van der Waals surface area contributed by atoms with Crippen LogP contribution in [-0.2, 0) is 16.4 Å². The number of halogens is 2. The topological polar surface area (TPSA) is 88.1 Å². The molecule has 0 bridgehead atoms. The second-order valence-corrected chi connectivity index (χ2v) is 9.66. The van der Waals surface area contributed by atoms with Crippen LogP contribution in [0.3, 0.4) is 0 Å². The summed E-state index contributed by atoms with van der Waals surface area (Å²) in [5.41, 5.74) is 1.37. The van der Waals surface area contributed by atoms with E-state index in [1.54, 1.807) is 4.57 Å². The second-order valence-electron chi connectivity index (χ2n) is 7.72. The van der Waals surface area contributed by atoms with Gasteiger partial charge in [-0.05, 0) is 49.4 Å². The van der Waals surface area contributed by atoms with Gasteiger partial charge in [-0.2, -0.15) is 9.40 Å². The Hall–Kier alpha value is -2.85. The third-order valence-electron chi connectivity index (χ3n) is 5.62. The van der Waals surface area contributed by atoms with Crippen molar-refractivity contribution >= 4 is 10.0 Å². The van der Waals surface area contributed by atoms with Gasteiger partial charge in [0.05, 0.1) is 10.6 Å². The molecule has 3 aromatic rings. The molecule has 1 aliphatic rings. The molecular weight excluding hydrogens is 426 g/mol. The van der Waals surface area contributed by atoms with Crippen molar-refractivity contribution in [3.63, 3.8) is 0 Å². The number of nitrogens with zero attached hydrogens (tertiary/aromatic N) is 3. The number of benzene rings is 2. The standard InChI is InChI=1S/C21H22F2N4O3S/c1-14-4-2-3-5-19(14)27-20(24-25-21(27)28)10-15-6-8-26(9-7-15)31(29,30)18-12-16(22)11-17(23)13-18/h2-5,11-13,15H,6-10H2,1H3,(H,25,28). The molecule has 7 nitrogen and oxygen atoms in total. The van der Waals surface area contributed by atoms with Crippen LogP contribution in [-0.4, -0.2) is 40.6 Å². The summed E-state index contributed by atoms with van der Waals surface area (Å²) in [5, 5.41) is 6.67. The number of piperidine rings is 1. The molecule has 10 heteroatoms. The first-order chi connectivity index (χ1) is 14.8. The number of aryl methyl sites for hydroxylation is 1. The average molecular weight is 448 g/mol.